The molecule has 3 saturated heterocycles. The third-order valence-corrected chi connectivity index (χ3v) is 6.35. The molecule has 1 N–H and O–H groups in total. The molecule has 1 atom stereocenters. The number of aromatic nitrogens is 1. The van der Waals surface area contributed by atoms with Crippen LogP contribution in [-0.4, -0.2) is 54.3 Å². The minimum Gasteiger partial charge on any atom is -0.455 e. The Bertz CT molecular complexity index is 866. The fourth-order valence-corrected chi connectivity index (χ4v) is 5.06. The Hall–Kier alpha value is -2.00. The van der Waals surface area contributed by atoms with Gasteiger partial charge in [-0.3, -0.25) is 10.2 Å². The van der Waals surface area contributed by atoms with Crippen molar-refractivity contribution in [2.45, 2.75) is 25.1 Å². The van der Waals surface area contributed by atoms with Crippen molar-refractivity contribution in [2.75, 3.05) is 31.5 Å². The van der Waals surface area contributed by atoms with Gasteiger partial charge in [0.15, 0.2) is 5.13 Å². The third kappa shape index (κ3) is 2.79. The summed E-state index contributed by atoms with van der Waals surface area (Å²) in [4.78, 5) is 11.5. The average Bonchev–Trinajstić information content (AvgIpc) is 3.19. The van der Waals surface area contributed by atoms with Crippen molar-refractivity contribution in [3.8, 4) is 5.75 Å². The molecule has 138 valence electrons. The number of alkyl halides is 2. The number of anilines is 1. The quantitative estimate of drug-likeness (QED) is 0.886. The van der Waals surface area contributed by atoms with Crippen molar-refractivity contribution in [2.24, 2.45) is 10.9 Å². The number of aliphatic imine (C=N–C) groups is 1. The maximum atomic E-state index is 12.4. The van der Waals surface area contributed by atoms with Gasteiger partial charge < -0.3 is 9.47 Å². The maximum absolute atomic E-state index is 12.4. The van der Waals surface area contributed by atoms with E-state index in [2.05, 4.69) is 24.9 Å². The number of hydrogen-bond donors (Lipinski definition) is 1. The topological polar surface area (TPSA) is 59.0 Å². The molecule has 1 aromatic carbocycles. The Morgan fingerprint density at radius 3 is 2.92 bits per heavy atom. The Labute approximate surface area is 152 Å². The Morgan fingerprint density at radius 1 is 1.35 bits per heavy atom. The zero-order valence-electron chi connectivity index (χ0n) is 14.0. The Morgan fingerprint density at radius 2 is 2.19 bits per heavy atom. The van der Waals surface area contributed by atoms with E-state index < -0.39 is 6.61 Å². The second-order valence-electron chi connectivity index (χ2n) is 6.99. The molecule has 2 bridgehead atoms. The van der Waals surface area contributed by atoms with Crippen LogP contribution < -0.4 is 10.1 Å². The van der Waals surface area contributed by atoms with E-state index in [1.807, 2.05) is 0 Å². The lowest BCUT2D eigenvalue weighted by molar-refractivity contribution is -0.0829. The summed E-state index contributed by atoms with van der Waals surface area (Å²) in [6.45, 7) is 1.07. The van der Waals surface area contributed by atoms with Crippen LogP contribution in [0.15, 0.2) is 23.2 Å². The number of piperidine rings is 3. The summed E-state index contributed by atoms with van der Waals surface area (Å²) in [5.74, 6) is 0.684. The predicted octanol–water partition coefficient (Wildman–Crippen LogP) is 3.16. The lowest BCUT2D eigenvalue weighted by Gasteiger charge is -2.50. The van der Waals surface area contributed by atoms with E-state index in [-0.39, 0.29) is 11.4 Å². The van der Waals surface area contributed by atoms with Gasteiger partial charge in [0, 0.05) is 12.5 Å². The van der Waals surface area contributed by atoms with E-state index in [9.17, 15) is 8.78 Å². The number of hydrogen-bond acceptors (Lipinski definition) is 7. The molecule has 0 saturated carbocycles. The van der Waals surface area contributed by atoms with Crippen LogP contribution in [0.25, 0.3) is 10.2 Å². The van der Waals surface area contributed by atoms with E-state index >= 15 is 0 Å². The van der Waals surface area contributed by atoms with Crippen molar-refractivity contribution in [1.29, 1.82) is 0 Å². The van der Waals surface area contributed by atoms with Gasteiger partial charge >= 0.3 is 6.61 Å². The molecule has 0 amide bonds. The van der Waals surface area contributed by atoms with Gasteiger partial charge in [-0.1, -0.05) is 11.3 Å². The molecular weight excluding hydrogens is 362 g/mol. The molecular formula is C17H18F2N4O2S. The normalized spacial score (nSPS) is 30.0. The van der Waals surface area contributed by atoms with Gasteiger partial charge in [-0.05, 0) is 44.1 Å². The molecule has 6 rings (SSSR count). The van der Waals surface area contributed by atoms with Crippen LogP contribution in [-0.2, 0) is 4.74 Å². The van der Waals surface area contributed by atoms with Crippen molar-refractivity contribution >= 4 is 32.7 Å². The van der Waals surface area contributed by atoms with Crippen LogP contribution in [0.5, 0.6) is 5.75 Å². The lowest BCUT2D eigenvalue weighted by Crippen LogP contribution is -2.61. The molecule has 9 heteroatoms. The van der Waals surface area contributed by atoms with Crippen LogP contribution >= 0.6 is 11.3 Å². The van der Waals surface area contributed by atoms with Gasteiger partial charge in [-0.15, -0.1) is 0 Å². The fourth-order valence-electron chi connectivity index (χ4n) is 4.17. The predicted molar refractivity (Wildman–Crippen MR) is 95.2 cm³/mol. The zero-order valence-corrected chi connectivity index (χ0v) is 14.8. The van der Waals surface area contributed by atoms with Gasteiger partial charge in [0.05, 0.1) is 16.8 Å². The minimum absolute atomic E-state index is 0.128. The first-order valence-electron chi connectivity index (χ1n) is 8.68. The van der Waals surface area contributed by atoms with Gasteiger partial charge in [-0.25, -0.2) is 9.98 Å². The second-order valence-corrected chi connectivity index (χ2v) is 8.02. The summed E-state index contributed by atoms with van der Waals surface area (Å²) in [6.07, 6.45) is 2.33. The summed E-state index contributed by atoms with van der Waals surface area (Å²) in [6, 6.07) is 5.23. The maximum Gasteiger partial charge on any atom is 0.387 e. The molecule has 5 heterocycles. The van der Waals surface area contributed by atoms with E-state index in [1.54, 1.807) is 12.1 Å². The number of thiazole rings is 1. The first kappa shape index (κ1) is 16.2. The van der Waals surface area contributed by atoms with Gasteiger partial charge in [0.2, 0.25) is 0 Å². The van der Waals surface area contributed by atoms with Crippen LogP contribution in [0.3, 0.4) is 0 Å². The largest absolute Gasteiger partial charge is 0.455 e. The molecule has 4 aliphatic rings. The smallest absolute Gasteiger partial charge is 0.387 e. The first-order chi connectivity index (χ1) is 12.6. The Balaban J connectivity index is 1.31. The van der Waals surface area contributed by atoms with E-state index in [0.29, 0.717) is 23.6 Å². The highest BCUT2D eigenvalue weighted by Gasteiger charge is 2.51. The SMILES string of the molecule is FC(F)Oc1ccc2nc(NC3=NCC4(CN5CCC4CC5)O3)sc2c1. The molecule has 1 spiro atoms. The first-order valence-corrected chi connectivity index (χ1v) is 9.50. The molecule has 1 aromatic heterocycles. The molecule has 1 unspecified atom stereocenters. The Kier molecular flexibility index (Phi) is 3.75. The zero-order chi connectivity index (χ0) is 17.7. The summed E-state index contributed by atoms with van der Waals surface area (Å²) in [5, 5.41) is 3.78. The highest BCUT2D eigenvalue weighted by atomic mass is 32.1. The number of nitrogens with one attached hydrogen (secondary N) is 1. The van der Waals surface area contributed by atoms with Gasteiger partial charge in [-0.2, -0.15) is 8.78 Å². The van der Waals surface area contributed by atoms with E-state index in [4.69, 9.17) is 4.74 Å². The standard InChI is InChI=1S/C17H18F2N4O2S/c18-14(19)24-11-1-2-12-13(7-11)26-16(21-12)22-15-20-8-17(25-15)9-23-5-3-10(17)4-6-23/h1-2,7,10,14H,3-6,8-9H2,(H,20,21,22). The summed E-state index contributed by atoms with van der Waals surface area (Å²) in [7, 11) is 0. The van der Waals surface area contributed by atoms with Crippen molar-refractivity contribution < 1.29 is 18.3 Å². The van der Waals surface area contributed by atoms with Crippen molar-refractivity contribution in [3.05, 3.63) is 18.2 Å². The number of rotatable bonds is 3. The summed E-state index contributed by atoms with van der Waals surface area (Å²) in [5.41, 5.74) is 0.517. The van der Waals surface area contributed by atoms with Crippen molar-refractivity contribution in [1.82, 2.24) is 9.88 Å². The number of nitrogens with zero attached hydrogens (tertiary/aromatic N) is 3. The summed E-state index contributed by atoms with van der Waals surface area (Å²) >= 11 is 1.36. The van der Waals surface area contributed by atoms with Crippen LogP contribution in [0.2, 0.25) is 0 Å². The molecule has 0 radical (unpaired) electrons. The van der Waals surface area contributed by atoms with Crippen LogP contribution in [0.4, 0.5) is 13.9 Å². The van der Waals surface area contributed by atoms with Crippen LogP contribution in [0.1, 0.15) is 12.8 Å². The second kappa shape index (κ2) is 6.02. The van der Waals surface area contributed by atoms with Crippen LogP contribution in [0, 0.1) is 5.92 Å². The molecule has 4 aliphatic heterocycles. The highest BCUT2D eigenvalue weighted by molar-refractivity contribution is 7.22. The lowest BCUT2D eigenvalue weighted by atomic mass is 9.75. The number of benzene rings is 1. The van der Waals surface area contributed by atoms with E-state index in [0.717, 1.165) is 42.7 Å². The molecule has 6 nitrogen and oxygen atoms in total. The highest BCUT2D eigenvalue weighted by Crippen LogP contribution is 2.41. The molecule has 0 aliphatic carbocycles. The third-order valence-electron chi connectivity index (χ3n) is 5.41. The number of halogens is 2. The van der Waals surface area contributed by atoms with Gasteiger partial charge in [0.25, 0.3) is 6.02 Å². The van der Waals surface area contributed by atoms with E-state index in [1.165, 1.54) is 17.4 Å². The monoisotopic (exact) mass is 380 g/mol. The molecule has 2 aromatic rings. The number of amidine groups is 1. The minimum atomic E-state index is -2.84. The number of ether oxygens (including phenoxy) is 2. The average molecular weight is 380 g/mol. The number of fused-ring (bicyclic) bond motifs is 3. The molecule has 3 fully saturated rings. The van der Waals surface area contributed by atoms with Crippen molar-refractivity contribution in [3.63, 3.8) is 0 Å². The van der Waals surface area contributed by atoms with Gasteiger partial charge in [0.1, 0.15) is 11.4 Å². The molecule has 26 heavy (non-hydrogen) atoms. The summed E-state index contributed by atoms with van der Waals surface area (Å²) < 4.78 is 36.1. The fraction of sp³-hybridized carbons (Fsp3) is 0.529.